The summed E-state index contributed by atoms with van der Waals surface area (Å²) in [6.07, 6.45) is 9.26. The molecule has 0 saturated carbocycles. The van der Waals surface area contributed by atoms with E-state index in [1.165, 1.54) is 0 Å². The summed E-state index contributed by atoms with van der Waals surface area (Å²) >= 11 is 0. The average Bonchev–Trinajstić information content (AvgIpc) is 3.49. The second-order valence-corrected chi connectivity index (χ2v) is 18.0. The molecule has 0 amide bonds. The van der Waals surface area contributed by atoms with E-state index in [1.807, 2.05) is 109 Å². The summed E-state index contributed by atoms with van der Waals surface area (Å²) in [5, 5.41) is 0. The van der Waals surface area contributed by atoms with Crippen LogP contribution in [0.15, 0.2) is 231 Å². The van der Waals surface area contributed by atoms with Gasteiger partial charge in [0, 0.05) is 30.0 Å². The summed E-state index contributed by atoms with van der Waals surface area (Å²) in [5.41, 5.74) is 19.5. The molecule has 13 rings (SSSR count). The van der Waals surface area contributed by atoms with Gasteiger partial charge in [0.1, 0.15) is 0 Å². The Hall–Kier alpha value is -8.83. The Balaban J connectivity index is 0.00000315. The monoisotopic (exact) mass is 1340 g/mol. The second-order valence-electron chi connectivity index (χ2n) is 18.0. The number of fused-ring (bicyclic) bond motifs is 10. The van der Waals surface area contributed by atoms with Crippen LogP contribution in [0.2, 0.25) is 0 Å². The predicted molar refractivity (Wildman–Crippen MR) is 299 cm³/mol. The van der Waals surface area contributed by atoms with Crippen LogP contribution in [0.5, 0.6) is 11.5 Å². The molecule has 366 valence electrons. The zero-order chi connectivity index (χ0) is 49.9. The van der Waals surface area contributed by atoms with Crippen molar-refractivity contribution in [3.8, 4) is 123 Å². The molecule has 0 atom stereocenters. The molecular formula is C69H40IrN5OPt. The van der Waals surface area contributed by atoms with Gasteiger partial charge in [-0.2, -0.15) is 0 Å². The van der Waals surface area contributed by atoms with Gasteiger partial charge in [-0.05, 0) is 117 Å². The van der Waals surface area contributed by atoms with Crippen LogP contribution in [0.1, 0.15) is 11.4 Å². The number of ether oxygens (including phenoxy) is 1. The largest absolute Gasteiger partial charge is 3.00 e. The first kappa shape index (κ1) is 50.3. The third kappa shape index (κ3) is 10.6. The maximum atomic E-state index is 6.90. The normalized spacial score (nSPS) is 11.2. The van der Waals surface area contributed by atoms with Crippen LogP contribution in [0.4, 0.5) is 0 Å². The molecule has 0 fully saturated rings. The Morgan fingerprint density at radius 1 is 0.351 bits per heavy atom. The van der Waals surface area contributed by atoms with E-state index in [-0.39, 0.29) is 41.2 Å². The molecule has 6 nitrogen and oxygen atoms in total. The number of hydrogen-bond acceptors (Lipinski definition) is 6. The van der Waals surface area contributed by atoms with Crippen molar-refractivity contribution in [1.29, 1.82) is 0 Å². The van der Waals surface area contributed by atoms with Crippen LogP contribution < -0.4 is 4.74 Å². The van der Waals surface area contributed by atoms with E-state index in [2.05, 4.69) is 173 Å². The van der Waals surface area contributed by atoms with Gasteiger partial charge in [0.25, 0.3) is 0 Å². The maximum absolute atomic E-state index is 6.90. The molecule has 1 aliphatic rings. The van der Waals surface area contributed by atoms with E-state index in [1.54, 1.807) is 6.20 Å². The molecule has 0 unspecified atom stereocenters. The van der Waals surface area contributed by atoms with Crippen LogP contribution in [-0.2, 0) is 41.2 Å². The number of nitrogens with zero attached hydrogens (tertiary/aromatic N) is 5. The summed E-state index contributed by atoms with van der Waals surface area (Å²) in [6, 6.07) is 90.2. The summed E-state index contributed by atoms with van der Waals surface area (Å²) in [6.45, 7) is 0. The molecule has 8 bridgehead atoms. The number of rotatable bonds is 8. The first-order chi connectivity index (χ1) is 37.1. The molecule has 0 radical (unpaired) electrons. The fourth-order valence-corrected chi connectivity index (χ4v) is 9.63. The zero-order valence-corrected chi connectivity index (χ0v) is 45.6. The molecule has 8 aromatic carbocycles. The smallest absolute Gasteiger partial charge is 0.515 e. The quantitative estimate of drug-likeness (QED) is 0.141. The van der Waals surface area contributed by atoms with Gasteiger partial charge < -0.3 is 24.7 Å². The molecule has 12 aromatic rings. The third-order valence-corrected chi connectivity index (χ3v) is 13.3. The van der Waals surface area contributed by atoms with Gasteiger partial charge in [0.05, 0.1) is 5.69 Å². The zero-order valence-electron chi connectivity index (χ0n) is 40.9. The van der Waals surface area contributed by atoms with Crippen molar-refractivity contribution in [1.82, 2.24) is 24.9 Å². The van der Waals surface area contributed by atoms with Crippen LogP contribution in [0, 0.1) is 30.3 Å². The molecule has 0 saturated heterocycles. The molecule has 0 spiro atoms. The predicted octanol–water partition coefficient (Wildman–Crippen LogP) is 16.6. The molecular weight excluding hydrogens is 1300 g/mol. The van der Waals surface area contributed by atoms with Gasteiger partial charge in [-0.25, -0.2) is 17.7 Å². The average molecular weight is 1340 g/mol. The van der Waals surface area contributed by atoms with Crippen LogP contribution in [0.3, 0.4) is 0 Å². The van der Waals surface area contributed by atoms with Crippen molar-refractivity contribution < 1.29 is 45.9 Å². The van der Waals surface area contributed by atoms with E-state index in [0.29, 0.717) is 22.9 Å². The third-order valence-electron chi connectivity index (χ3n) is 13.3. The van der Waals surface area contributed by atoms with E-state index in [4.69, 9.17) is 14.7 Å². The van der Waals surface area contributed by atoms with E-state index < -0.39 is 0 Å². The van der Waals surface area contributed by atoms with Crippen molar-refractivity contribution >= 4 is 12.2 Å². The van der Waals surface area contributed by atoms with Crippen molar-refractivity contribution in [3.05, 3.63) is 273 Å². The van der Waals surface area contributed by atoms with Crippen LogP contribution in [-0.4, -0.2) is 24.9 Å². The van der Waals surface area contributed by atoms with Gasteiger partial charge in [-0.15, -0.1) is 89.0 Å². The fraction of sp³-hybridized carbons (Fsp3) is 0. The summed E-state index contributed by atoms with van der Waals surface area (Å²) in [7, 11) is 0. The Labute approximate surface area is 475 Å². The molecule has 0 aliphatic carbocycles. The molecule has 8 heteroatoms. The maximum Gasteiger partial charge on any atom is 3.00 e. The number of hydrogen-bond donors (Lipinski definition) is 0. The Bertz CT molecular complexity index is 3950. The summed E-state index contributed by atoms with van der Waals surface area (Å²) < 4.78 is 6.90. The number of benzene rings is 8. The van der Waals surface area contributed by atoms with E-state index in [9.17, 15) is 0 Å². The minimum Gasteiger partial charge on any atom is -0.515 e. The molecule has 1 aliphatic heterocycles. The topological polar surface area (TPSA) is 73.7 Å². The molecule has 0 N–H and O–H groups in total. The van der Waals surface area contributed by atoms with Gasteiger partial charge >= 0.3 is 41.2 Å². The molecule has 5 heterocycles. The Kier molecular flexibility index (Phi) is 14.7. The van der Waals surface area contributed by atoms with Gasteiger partial charge in [-0.1, -0.05) is 143 Å². The number of pyridine rings is 3. The fourth-order valence-electron chi connectivity index (χ4n) is 9.63. The van der Waals surface area contributed by atoms with E-state index >= 15 is 0 Å². The van der Waals surface area contributed by atoms with Crippen LogP contribution in [0.25, 0.3) is 124 Å². The van der Waals surface area contributed by atoms with Crippen molar-refractivity contribution in [2.45, 2.75) is 0 Å². The summed E-state index contributed by atoms with van der Waals surface area (Å²) in [4.78, 5) is 23.6. The van der Waals surface area contributed by atoms with Crippen molar-refractivity contribution in [2.75, 3.05) is 0 Å². The number of aromatic nitrogens is 5. The van der Waals surface area contributed by atoms with Gasteiger partial charge in [-0.3, -0.25) is 11.1 Å². The molecule has 77 heavy (non-hydrogen) atoms. The molecule has 4 aromatic heterocycles. The van der Waals surface area contributed by atoms with Crippen molar-refractivity contribution in [2.24, 2.45) is 0 Å². The Morgan fingerprint density at radius 2 is 0.870 bits per heavy atom. The standard InChI is InChI=1S/C69H40N5O.Ir.Pt/c1-3-18-60(58(16-1)46-25-29-48(30-26-46)65-22-7-9-38-70-65)52-41-53(61-19-4-2-17-59(61)47-27-31-49(32-28-47)66-23-8-10-39-71-66)43-54(42-52)62-20-5-6-21-63(62)64-36-33-51-45-68(64)75-57-15-11-13-50(44-57)67-24-12-14-55(73-67)34-35-56-37-40-72-69(51)74-56;;/h1-29,31,34-43H;;/q-5;+3;+2. The Morgan fingerprint density at radius 3 is 1.43 bits per heavy atom. The van der Waals surface area contributed by atoms with Gasteiger partial charge in [0.2, 0.25) is 0 Å². The summed E-state index contributed by atoms with van der Waals surface area (Å²) in [5.74, 6) is 1.47. The van der Waals surface area contributed by atoms with E-state index in [0.717, 1.165) is 112 Å². The SMILES string of the molecule is [Ir+3].[Pt+2].[c-]1cc(-c2ccccc2-c2cc(-c3ccccc3-c3c[c-]c(-c4ccccn4)cc3)cc(-c3ccccc3-c3c[c-]c(-c4ccccn4)cc3)c2)c2[c-]c1-c1nccc(n1)C=Cc1cccc(n1)-c1[c-]c(ccc1)O2. The van der Waals surface area contributed by atoms with Gasteiger partial charge in [0.15, 0.2) is 0 Å². The first-order valence-electron chi connectivity index (χ1n) is 24.6. The van der Waals surface area contributed by atoms with Crippen molar-refractivity contribution in [3.63, 3.8) is 0 Å². The van der Waals surface area contributed by atoms with Crippen LogP contribution >= 0.6 is 0 Å². The first-order valence-corrected chi connectivity index (χ1v) is 24.6. The second kappa shape index (κ2) is 22.6. The minimum absolute atomic E-state index is 0. The minimum atomic E-state index is 0.